The van der Waals surface area contributed by atoms with Crippen molar-refractivity contribution in [2.24, 2.45) is 0 Å². The summed E-state index contributed by atoms with van der Waals surface area (Å²) in [6, 6.07) is 1.99. The normalized spacial score (nSPS) is 18.2. The van der Waals surface area contributed by atoms with Gasteiger partial charge in [-0.1, -0.05) is 0 Å². The van der Waals surface area contributed by atoms with Gasteiger partial charge >= 0.3 is 0 Å². The maximum Gasteiger partial charge on any atom is 0.266 e. The summed E-state index contributed by atoms with van der Waals surface area (Å²) in [5.41, 5.74) is 4.51. The molecule has 0 N–H and O–H groups in total. The first kappa shape index (κ1) is 16.0. The van der Waals surface area contributed by atoms with Gasteiger partial charge in [-0.2, -0.15) is 0 Å². The number of thiazole rings is 1. The molecule has 3 rings (SSSR count). The molecule has 2 aromatic heterocycles. The molecule has 0 bridgehead atoms. The molecule has 23 heavy (non-hydrogen) atoms. The number of hydrogen-bond acceptors (Lipinski definition) is 6. The van der Waals surface area contributed by atoms with Crippen LogP contribution in [0.4, 0.5) is 0 Å². The van der Waals surface area contributed by atoms with E-state index in [0.29, 0.717) is 19.7 Å². The van der Waals surface area contributed by atoms with Crippen molar-refractivity contribution in [1.82, 2.24) is 19.9 Å². The summed E-state index contributed by atoms with van der Waals surface area (Å²) < 4.78 is 5.81. The molecular weight excluding hydrogens is 312 g/mol. The van der Waals surface area contributed by atoms with Crippen LogP contribution >= 0.6 is 11.3 Å². The fourth-order valence-electron chi connectivity index (χ4n) is 2.68. The summed E-state index contributed by atoms with van der Waals surface area (Å²) in [5, 5.41) is 0. The Hall–Kier alpha value is -1.86. The van der Waals surface area contributed by atoms with Crippen LogP contribution in [0, 0.1) is 13.8 Å². The lowest BCUT2D eigenvalue weighted by Gasteiger charge is -2.32. The number of nitrogens with zero attached hydrogens (tertiary/aromatic N) is 4. The van der Waals surface area contributed by atoms with E-state index in [1.54, 1.807) is 11.8 Å². The van der Waals surface area contributed by atoms with Crippen LogP contribution in [-0.4, -0.2) is 51.6 Å². The second-order valence-electron chi connectivity index (χ2n) is 5.70. The number of aromatic nitrogens is 3. The zero-order chi connectivity index (χ0) is 16.2. The van der Waals surface area contributed by atoms with Crippen LogP contribution in [0.25, 0.3) is 0 Å². The first-order valence-electron chi connectivity index (χ1n) is 7.72. The van der Waals surface area contributed by atoms with Gasteiger partial charge in [-0.3, -0.25) is 4.79 Å². The Kier molecular flexibility index (Phi) is 4.97. The van der Waals surface area contributed by atoms with Gasteiger partial charge in [-0.15, -0.1) is 11.3 Å². The number of carbonyl (C=O) groups is 1. The number of rotatable bonds is 4. The summed E-state index contributed by atoms with van der Waals surface area (Å²) in [5.74, 6) is 0.0659. The number of morpholine rings is 1. The molecule has 1 aliphatic rings. The molecule has 1 aliphatic heterocycles. The van der Waals surface area contributed by atoms with Gasteiger partial charge in [-0.25, -0.2) is 15.0 Å². The molecular formula is C16H20N4O2S. The van der Waals surface area contributed by atoms with Crippen molar-refractivity contribution in [2.75, 3.05) is 19.7 Å². The highest BCUT2D eigenvalue weighted by Crippen LogP contribution is 2.18. The van der Waals surface area contributed by atoms with Crippen molar-refractivity contribution in [1.29, 1.82) is 0 Å². The average molecular weight is 332 g/mol. The molecule has 6 nitrogen and oxygen atoms in total. The molecule has 7 heteroatoms. The molecule has 1 amide bonds. The van der Waals surface area contributed by atoms with E-state index in [1.165, 1.54) is 11.3 Å². The van der Waals surface area contributed by atoms with E-state index in [1.807, 2.05) is 24.8 Å². The van der Waals surface area contributed by atoms with E-state index in [4.69, 9.17) is 4.74 Å². The summed E-state index contributed by atoms with van der Waals surface area (Å²) in [6.45, 7) is 5.68. The van der Waals surface area contributed by atoms with Gasteiger partial charge in [0.05, 0.1) is 23.9 Å². The Morgan fingerprint density at radius 3 is 3.00 bits per heavy atom. The number of ether oxygens (including phenoxy) is 1. The van der Waals surface area contributed by atoms with Gasteiger partial charge in [0.1, 0.15) is 11.2 Å². The van der Waals surface area contributed by atoms with Gasteiger partial charge in [0.15, 0.2) is 0 Å². The van der Waals surface area contributed by atoms with Gasteiger partial charge in [0, 0.05) is 24.5 Å². The van der Waals surface area contributed by atoms with E-state index in [-0.39, 0.29) is 12.0 Å². The van der Waals surface area contributed by atoms with Gasteiger partial charge in [0.2, 0.25) is 0 Å². The molecule has 1 fully saturated rings. The summed E-state index contributed by atoms with van der Waals surface area (Å²) in [6.07, 6.45) is 3.32. The molecule has 0 aliphatic carbocycles. The molecule has 0 saturated carbocycles. The summed E-state index contributed by atoms with van der Waals surface area (Å²) >= 11 is 1.40. The molecule has 3 heterocycles. The maximum atomic E-state index is 12.6. The summed E-state index contributed by atoms with van der Waals surface area (Å²) in [4.78, 5) is 27.7. The Morgan fingerprint density at radius 1 is 1.39 bits per heavy atom. The minimum atomic E-state index is 0.0520. The van der Waals surface area contributed by atoms with Crippen molar-refractivity contribution in [3.63, 3.8) is 0 Å². The predicted molar refractivity (Wildman–Crippen MR) is 87.6 cm³/mol. The third-order valence-electron chi connectivity index (χ3n) is 3.95. The second-order valence-corrected chi connectivity index (χ2v) is 6.56. The minimum absolute atomic E-state index is 0.0520. The number of aryl methyl sites for hydroxylation is 3. The quantitative estimate of drug-likeness (QED) is 0.857. The number of amides is 1. The average Bonchev–Trinajstić information content (AvgIpc) is 2.99. The highest BCUT2D eigenvalue weighted by Gasteiger charge is 2.26. The SMILES string of the molecule is Cc1cc(CC[C@@H]2CN(C(=O)c3scnc3C)CCO2)ncn1. The topological polar surface area (TPSA) is 68.2 Å². The van der Waals surface area contributed by atoms with Crippen molar-refractivity contribution < 1.29 is 9.53 Å². The zero-order valence-electron chi connectivity index (χ0n) is 13.4. The molecule has 122 valence electrons. The molecule has 0 aromatic carbocycles. The van der Waals surface area contributed by atoms with Crippen molar-refractivity contribution >= 4 is 17.2 Å². The lowest BCUT2D eigenvalue weighted by molar-refractivity contribution is -0.0245. The predicted octanol–water partition coefficient (Wildman–Crippen LogP) is 2.02. The lowest BCUT2D eigenvalue weighted by atomic mass is 10.1. The van der Waals surface area contributed by atoms with Crippen LogP contribution in [0.1, 0.15) is 33.2 Å². The van der Waals surface area contributed by atoms with Crippen LogP contribution in [0.5, 0.6) is 0 Å². The summed E-state index contributed by atoms with van der Waals surface area (Å²) in [7, 11) is 0. The minimum Gasteiger partial charge on any atom is -0.375 e. The van der Waals surface area contributed by atoms with Crippen molar-refractivity contribution in [2.45, 2.75) is 32.8 Å². The fraction of sp³-hybridized carbons (Fsp3) is 0.500. The molecule has 2 aromatic rings. The molecule has 0 spiro atoms. The third-order valence-corrected chi connectivity index (χ3v) is 4.87. The second kappa shape index (κ2) is 7.14. The van der Waals surface area contributed by atoms with Crippen molar-refractivity contribution in [3.8, 4) is 0 Å². The fourth-order valence-corrected chi connectivity index (χ4v) is 3.45. The highest BCUT2D eigenvalue weighted by atomic mass is 32.1. The van der Waals surface area contributed by atoms with E-state index in [9.17, 15) is 4.79 Å². The Labute approximate surface area is 139 Å². The van der Waals surface area contributed by atoms with Gasteiger partial charge in [-0.05, 0) is 32.8 Å². The largest absolute Gasteiger partial charge is 0.375 e. The third kappa shape index (κ3) is 3.92. The van der Waals surface area contributed by atoms with Crippen molar-refractivity contribution in [3.05, 3.63) is 39.9 Å². The Balaban J connectivity index is 1.58. The number of carbonyl (C=O) groups excluding carboxylic acids is 1. The first-order valence-corrected chi connectivity index (χ1v) is 8.60. The van der Waals surface area contributed by atoms with Crippen LogP contribution in [-0.2, 0) is 11.2 Å². The number of hydrogen-bond donors (Lipinski definition) is 0. The van der Waals surface area contributed by atoms with Gasteiger partial charge in [0.25, 0.3) is 5.91 Å². The highest BCUT2D eigenvalue weighted by molar-refractivity contribution is 7.11. The maximum absolute atomic E-state index is 12.6. The molecule has 1 saturated heterocycles. The van der Waals surface area contributed by atoms with Crippen LogP contribution < -0.4 is 0 Å². The molecule has 0 radical (unpaired) electrons. The van der Waals surface area contributed by atoms with E-state index < -0.39 is 0 Å². The standard InChI is InChI=1S/C16H20N4O2S/c1-11-7-13(18-9-17-11)3-4-14-8-20(5-6-22-14)16(21)15-12(2)19-10-23-15/h7,9-10,14H,3-6,8H2,1-2H3/t14-/m1/s1. The Morgan fingerprint density at radius 2 is 2.26 bits per heavy atom. The molecule has 1 atom stereocenters. The van der Waals surface area contributed by atoms with E-state index in [2.05, 4.69) is 15.0 Å². The Bertz CT molecular complexity index is 688. The van der Waals surface area contributed by atoms with Crippen LogP contribution in [0.3, 0.4) is 0 Å². The molecule has 0 unspecified atom stereocenters. The van der Waals surface area contributed by atoms with E-state index in [0.717, 1.165) is 34.8 Å². The van der Waals surface area contributed by atoms with Crippen LogP contribution in [0.2, 0.25) is 0 Å². The monoisotopic (exact) mass is 332 g/mol. The van der Waals surface area contributed by atoms with E-state index >= 15 is 0 Å². The lowest BCUT2D eigenvalue weighted by Crippen LogP contribution is -2.45. The van der Waals surface area contributed by atoms with Crippen LogP contribution in [0.15, 0.2) is 17.9 Å². The first-order chi connectivity index (χ1) is 11.1. The van der Waals surface area contributed by atoms with Gasteiger partial charge < -0.3 is 9.64 Å². The zero-order valence-corrected chi connectivity index (χ0v) is 14.2. The smallest absolute Gasteiger partial charge is 0.266 e.